The molecule has 0 radical (unpaired) electrons. The van der Waals surface area contributed by atoms with E-state index in [1.807, 2.05) is 0 Å². The van der Waals surface area contributed by atoms with E-state index < -0.39 is 0 Å². The monoisotopic (exact) mass is 1060 g/mol. The average Bonchev–Trinajstić information content (AvgIpc) is 3.48. The standard InChI is InChI=1S/C76H83BN4/c1-48-22-19-24-58(34-48)78(60-36-50(3)32-51(4)37-60)62-40-56(75(13,14)15)42-64(46-62)80-68-26-21-27-69-72(68)77(66-30-28-54(44-70(66)80)73(7,8)9)67-31-29-55(74(10,11)12)45-71(67)81(69)65-43-57(76(16,17)18)41-63(47-65)79(59-25-20-23-49(2)35-59)61-38-52(5)33-53(6)39-61/h19-47H,1-18H3. The van der Waals surface area contributed by atoms with Crippen LogP contribution in [0.25, 0.3) is 0 Å². The largest absolute Gasteiger partial charge is 0.311 e. The highest BCUT2D eigenvalue weighted by atomic mass is 15.2. The molecule has 0 atom stereocenters. The molecule has 81 heavy (non-hydrogen) atoms. The second kappa shape index (κ2) is 20.0. The first-order valence-corrected chi connectivity index (χ1v) is 29.3. The smallest absolute Gasteiger partial charge is 0.252 e. The van der Waals surface area contributed by atoms with Crippen molar-refractivity contribution in [1.82, 2.24) is 0 Å². The van der Waals surface area contributed by atoms with Crippen molar-refractivity contribution in [3.63, 3.8) is 0 Å². The molecule has 9 aromatic rings. The quantitative estimate of drug-likeness (QED) is 0.141. The predicted molar refractivity (Wildman–Crippen MR) is 353 cm³/mol. The fraction of sp³-hybridized carbons (Fsp3) is 0.289. The number of hydrogen-bond acceptors (Lipinski definition) is 4. The maximum Gasteiger partial charge on any atom is 0.252 e. The third-order valence-corrected chi connectivity index (χ3v) is 16.7. The third kappa shape index (κ3) is 10.5. The number of fused-ring (bicyclic) bond motifs is 4. The van der Waals surface area contributed by atoms with E-state index in [0.29, 0.717) is 0 Å². The summed E-state index contributed by atoms with van der Waals surface area (Å²) in [5.74, 6) is 0. The van der Waals surface area contributed by atoms with Crippen LogP contribution < -0.4 is 36.0 Å². The van der Waals surface area contributed by atoms with Crippen molar-refractivity contribution in [2.45, 2.75) is 146 Å². The topological polar surface area (TPSA) is 13.0 Å². The van der Waals surface area contributed by atoms with Crippen molar-refractivity contribution in [2.75, 3.05) is 19.6 Å². The van der Waals surface area contributed by atoms with Crippen LogP contribution in [-0.4, -0.2) is 6.71 Å². The molecular formula is C76H83BN4. The lowest BCUT2D eigenvalue weighted by atomic mass is 9.33. The Morgan fingerprint density at radius 3 is 0.963 bits per heavy atom. The molecule has 11 rings (SSSR count). The molecule has 2 aliphatic rings. The lowest BCUT2D eigenvalue weighted by Gasteiger charge is -2.45. The molecular weight excluding hydrogens is 980 g/mol. The number of nitrogens with zero attached hydrogens (tertiary/aromatic N) is 4. The van der Waals surface area contributed by atoms with Gasteiger partial charge in [-0.05, 0) is 244 Å². The molecule has 0 fully saturated rings. The summed E-state index contributed by atoms with van der Waals surface area (Å²) in [5.41, 5.74) is 29.9. The Labute approximate surface area is 486 Å². The zero-order valence-corrected chi connectivity index (χ0v) is 51.6. The van der Waals surface area contributed by atoms with Crippen LogP contribution in [-0.2, 0) is 21.7 Å². The molecule has 2 aliphatic heterocycles. The maximum atomic E-state index is 2.62. The molecule has 0 N–H and O–H groups in total. The first-order valence-electron chi connectivity index (χ1n) is 29.3. The van der Waals surface area contributed by atoms with Gasteiger partial charge in [0.2, 0.25) is 0 Å². The van der Waals surface area contributed by atoms with Crippen molar-refractivity contribution in [1.29, 1.82) is 0 Å². The maximum absolute atomic E-state index is 2.62. The van der Waals surface area contributed by atoms with Crippen molar-refractivity contribution >= 4 is 91.3 Å². The fourth-order valence-electron chi connectivity index (χ4n) is 12.6. The zero-order valence-electron chi connectivity index (χ0n) is 51.6. The Morgan fingerprint density at radius 2 is 0.617 bits per heavy atom. The summed E-state index contributed by atoms with van der Waals surface area (Å²) >= 11 is 0. The molecule has 0 spiro atoms. The minimum atomic E-state index is -0.171. The van der Waals surface area contributed by atoms with Gasteiger partial charge in [0.15, 0.2) is 0 Å². The van der Waals surface area contributed by atoms with Gasteiger partial charge in [-0.1, -0.05) is 150 Å². The molecule has 410 valence electrons. The summed E-state index contributed by atoms with van der Waals surface area (Å²) in [6.45, 7) is 41.4. The van der Waals surface area contributed by atoms with Gasteiger partial charge in [0, 0.05) is 68.2 Å². The number of hydrogen-bond donors (Lipinski definition) is 0. The van der Waals surface area contributed by atoms with Gasteiger partial charge in [-0.2, -0.15) is 0 Å². The van der Waals surface area contributed by atoms with Crippen molar-refractivity contribution in [2.24, 2.45) is 0 Å². The predicted octanol–water partition coefficient (Wildman–Crippen LogP) is 19.7. The highest BCUT2D eigenvalue weighted by Gasteiger charge is 2.44. The zero-order chi connectivity index (χ0) is 57.8. The van der Waals surface area contributed by atoms with Crippen molar-refractivity contribution in [3.05, 3.63) is 232 Å². The van der Waals surface area contributed by atoms with Crippen LogP contribution >= 0.6 is 0 Å². The molecule has 5 heteroatoms. The number of aryl methyl sites for hydroxylation is 6. The van der Waals surface area contributed by atoms with Gasteiger partial charge in [0.1, 0.15) is 0 Å². The Kier molecular flexibility index (Phi) is 13.7. The Balaban J connectivity index is 1.22. The highest BCUT2D eigenvalue weighted by molar-refractivity contribution is 7.00. The molecule has 2 heterocycles. The van der Waals surface area contributed by atoms with Crippen molar-refractivity contribution < 1.29 is 0 Å². The lowest BCUT2D eigenvalue weighted by Crippen LogP contribution is -2.61. The summed E-state index contributed by atoms with van der Waals surface area (Å²) in [6, 6.07) is 68.5. The van der Waals surface area contributed by atoms with E-state index >= 15 is 0 Å². The van der Waals surface area contributed by atoms with Crippen LogP contribution in [0.3, 0.4) is 0 Å². The van der Waals surface area contributed by atoms with Gasteiger partial charge < -0.3 is 19.6 Å². The van der Waals surface area contributed by atoms with E-state index in [-0.39, 0.29) is 28.4 Å². The Hall–Kier alpha value is -7.76. The van der Waals surface area contributed by atoms with E-state index in [0.717, 1.165) is 45.5 Å². The third-order valence-electron chi connectivity index (χ3n) is 16.7. The lowest BCUT2D eigenvalue weighted by molar-refractivity contribution is 0.590. The Bertz CT molecular complexity index is 3640. The van der Waals surface area contributed by atoms with E-state index in [2.05, 4.69) is 320 Å². The molecule has 0 aliphatic carbocycles. The van der Waals surface area contributed by atoms with E-state index in [1.165, 1.54) is 94.8 Å². The minimum Gasteiger partial charge on any atom is -0.311 e. The van der Waals surface area contributed by atoms with Crippen LogP contribution in [0.1, 0.15) is 139 Å². The summed E-state index contributed by atoms with van der Waals surface area (Å²) in [6.07, 6.45) is 0. The van der Waals surface area contributed by atoms with E-state index in [1.54, 1.807) is 0 Å². The molecule has 0 unspecified atom stereocenters. The van der Waals surface area contributed by atoms with Crippen molar-refractivity contribution in [3.8, 4) is 0 Å². The van der Waals surface area contributed by atoms with Gasteiger partial charge in [-0.15, -0.1) is 0 Å². The van der Waals surface area contributed by atoms with Gasteiger partial charge >= 0.3 is 0 Å². The molecule has 0 saturated heterocycles. The summed E-state index contributed by atoms with van der Waals surface area (Å²) in [4.78, 5) is 10.2. The molecule has 0 amide bonds. The number of benzene rings is 9. The van der Waals surface area contributed by atoms with Gasteiger partial charge in [-0.25, -0.2) is 0 Å². The summed E-state index contributed by atoms with van der Waals surface area (Å²) in [5, 5.41) is 0. The molecule has 9 aromatic carbocycles. The number of rotatable bonds is 8. The SMILES string of the molecule is Cc1cccc(N(c2cc(C)cc(C)c2)c2cc(N3c4cc(C(C)(C)C)ccc4B4c5ccc(C(C)(C)C)cc5N(c5cc(N(c6cccc(C)c6)c6cc(C)cc(C)c6)cc(C(C)(C)C)c5)c5cccc3c54)cc(C(C)(C)C)c2)c1. The normalized spacial score (nSPS) is 13.2. The van der Waals surface area contributed by atoms with Crippen LogP contribution in [0.4, 0.5) is 68.2 Å². The van der Waals surface area contributed by atoms with Gasteiger partial charge in [0.25, 0.3) is 6.71 Å². The molecule has 0 saturated carbocycles. The summed E-state index contributed by atoms with van der Waals surface area (Å²) < 4.78 is 0. The summed E-state index contributed by atoms with van der Waals surface area (Å²) in [7, 11) is 0. The minimum absolute atomic E-state index is 0.0367. The first kappa shape index (κ1) is 55.2. The molecule has 0 aromatic heterocycles. The van der Waals surface area contributed by atoms with Gasteiger partial charge in [0.05, 0.1) is 0 Å². The second-order valence-electron chi connectivity index (χ2n) is 27.9. The molecule has 0 bridgehead atoms. The number of anilines is 12. The van der Waals surface area contributed by atoms with Crippen LogP contribution in [0.5, 0.6) is 0 Å². The first-order chi connectivity index (χ1) is 38.1. The van der Waals surface area contributed by atoms with E-state index in [4.69, 9.17) is 0 Å². The highest BCUT2D eigenvalue weighted by Crippen LogP contribution is 2.50. The van der Waals surface area contributed by atoms with Crippen LogP contribution in [0.2, 0.25) is 0 Å². The van der Waals surface area contributed by atoms with E-state index in [9.17, 15) is 0 Å². The van der Waals surface area contributed by atoms with Crippen LogP contribution in [0.15, 0.2) is 176 Å². The average molecular weight is 1060 g/mol. The van der Waals surface area contributed by atoms with Crippen LogP contribution in [0, 0.1) is 41.5 Å². The second-order valence-corrected chi connectivity index (χ2v) is 27.9. The van der Waals surface area contributed by atoms with Gasteiger partial charge in [-0.3, -0.25) is 0 Å². The molecule has 4 nitrogen and oxygen atoms in total. The Morgan fingerprint density at radius 1 is 0.284 bits per heavy atom. The fourth-order valence-corrected chi connectivity index (χ4v) is 12.6.